The minimum Gasteiger partial charge on any atom is -0.357 e. The van der Waals surface area contributed by atoms with Gasteiger partial charge in [-0.1, -0.05) is 32.0 Å². The molecule has 2 heterocycles. The van der Waals surface area contributed by atoms with Gasteiger partial charge in [0.1, 0.15) is 6.33 Å². The first-order valence-corrected chi connectivity index (χ1v) is 10.4. The largest absolute Gasteiger partial charge is 0.357 e. The Morgan fingerprint density at radius 3 is 2.76 bits per heavy atom. The van der Waals surface area contributed by atoms with E-state index in [9.17, 15) is 0 Å². The Hall–Kier alpha value is -1.68. The van der Waals surface area contributed by atoms with Gasteiger partial charge in [0.15, 0.2) is 11.8 Å². The molecule has 1 aromatic carbocycles. The number of benzene rings is 1. The number of H-pyrrole nitrogens is 1. The molecule has 3 rings (SSSR count). The number of aromatic nitrogens is 3. The number of guanidine groups is 1. The van der Waals surface area contributed by atoms with Crippen LogP contribution < -0.4 is 10.6 Å². The third-order valence-electron chi connectivity index (χ3n) is 4.93. The predicted molar refractivity (Wildman–Crippen MR) is 129 cm³/mol. The molecule has 3 N–H and O–H groups in total. The van der Waals surface area contributed by atoms with Crippen molar-refractivity contribution in [2.45, 2.75) is 46.2 Å². The molecular weight excluding hydrogens is 477 g/mol. The van der Waals surface area contributed by atoms with E-state index >= 15 is 0 Å². The smallest absolute Gasteiger partial charge is 0.191 e. The summed E-state index contributed by atoms with van der Waals surface area (Å²) in [4.78, 5) is 11.6. The third kappa shape index (κ3) is 7.58. The van der Waals surface area contributed by atoms with Crippen molar-refractivity contribution in [3.8, 4) is 11.4 Å². The van der Waals surface area contributed by atoms with Crippen molar-refractivity contribution < 1.29 is 0 Å². The summed E-state index contributed by atoms with van der Waals surface area (Å²) in [7, 11) is 0. The molecule has 7 nitrogen and oxygen atoms in total. The third-order valence-corrected chi connectivity index (χ3v) is 4.93. The van der Waals surface area contributed by atoms with Crippen molar-refractivity contribution in [1.82, 2.24) is 30.7 Å². The Labute approximate surface area is 191 Å². The minimum absolute atomic E-state index is 0. The fraction of sp³-hybridized carbons (Fsp3) is 0.571. The van der Waals surface area contributed by atoms with Crippen LogP contribution in [0.15, 0.2) is 35.6 Å². The van der Waals surface area contributed by atoms with Gasteiger partial charge in [-0.25, -0.2) is 9.98 Å². The summed E-state index contributed by atoms with van der Waals surface area (Å²) < 4.78 is 0. The molecule has 2 aromatic rings. The fourth-order valence-electron chi connectivity index (χ4n) is 3.62. The van der Waals surface area contributed by atoms with Gasteiger partial charge >= 0.3 is 0 Å². The molecule has 160 valence electrons. The zero-order chi connectivity index (χ0) is 19.8. The normalized spacial score (nSPS) is 15.9. The Morgan fingerprint density at radius 1 is 1.31 bits per heavy atom. The molecule has 0 radical (unpaired) electrons. The number of rotatable bonds is 7. The number of nitrogens with zero attached hydrogens (tertiary/aromatic N) is 4. The standard InChI is InChI=1S/C21H33N7.HI/c1-4-22-21(26-19-8-10-28(11-9-19)14-16(2)3)23-13-17-6-5-7-18(12-17)20-24-15-25-27-20;/h5-7,12,15-16,19H,4,8-11,13-14H2,1-3H3,(H2,22,23,26)(H,24,25,27);1H. The lowest BCUT2D eigenvalue weighted by Gasteiger charge is -2.34. The number of hydrogen-bond acceptors (Lipinski definition) is 4. The van der Waals surface area contributed by atoms with Crippen molar-refractivity contribution >= 4 is 29.9 Å². The van der Waals surface area contributed by atoms with Crippen LogP contribution in [0, 0.1) is 5.92 Å². The first-order valence-electron chi connectivity index (χ1n) is 10.4. The number of aromatic amines is 1. The molecule has 0 saturated carbocycles. The molecule has 0 atom stereocenters. The highest BCUT2D eigenvalue weighted by molar-refractivity contribution is 14.0. The summed E-state index contributed by atoms with van der Waals surface area (Å²) >= 11 is 0. The number of halogens is 1. The molecule has 0 aliphatic carbocycles. The van der Waals surface area contributed by atoms with E-state index in [1.165, 1.54) is 12.9 Å². The number of aliphatic imine (C=N–C) groups is 1. The van der Waals surface area contributed by atoms with E-state index in [1.807, 2.05) is 12.1 Å². The summed E-state index contributed by atoms with van der Waals surface area (Å²) in [5.41, 5.74) is 2.18. The monoisotopic (exact) mass is 511 g/mol. The molecular formula is C21H34IN7. The Kier molecular flexibility index (Phi) is 9.86. The maximum Gasteiger partial charge on any atom is 0.191 e. The van der Waals surface area contributed by atoms with E-state index in [-0.39, 0.29) is 24.0 Å². The molecule has 0 unspecified atom stereocenters. The molecule has 8 heteroatoms. The average Bonchev–Trinajstić information content (AvgIpc) is 3.22. The maximum absolute atomic E-state index is 4.80. The first-order chi connectivity index (χ1) is 13.6. The van der Waals surface area contributed by atoms with Crippen molar-refractivity contribution in [3.05, 3.63) is 36.2 Å². The van der Waals surface area contributed by atoms with Gasteiger partial charge in [0, 0.05) is 37.8 Å². The number of likely N-dealkylation sites (tertiary alicyclic amines) is 1. The van der Waals surface area contributed by atoms with Crippen molar-refractivity contribution in [2.24, 2.45) is 10.9 Å². The van der Waals surface area contributed by atoms with Crippen LogP contribution >= 0.6 is 24.0 Å². The van der Waals surface area contributed by atoms with Crippen LogP contribution in [0.4, 0.5) is 0 Å². The molecule has 1 fully saturated rings. The SMILES string of the molecule is CCNC(=NCc1cccc(-c2ncn[nH]2)c1)NC1CCN(CC(C)C)CC1.I. The first kappa shape index (κ1) is 23.6. The Balaban J connectivity index is 0.00000300. The molecule has 1 aliphatic heterocycles. The highest BCUT2D eigenvalue weighted by Crippen LogP contribution is 2.16. The molecule has 1 saturated heterocycles. The van der Waals surface area contributed by atoms with Crippen molar-refractivity contribution in [2.75, 3.05) is 26.2 Å². The van der Waals surface area contributed by atoms with Gasteiger partial charge in [-0.15, -0.1) is 24.0 Å². The lowest BCUT2D eigenvalue weighted by Crippen LogP contribution is -2.49. The molecule has 0 spiro atoms. The minimum atomic E-state index is 0. The van der Waals surface area contributed by atoms with E-state index in [4.69, 9.17) is 4.99 Å². The van der Waals surface area contributed by atoms with Gasteiger partial charge in [-0.3, -0.25) is 5.10 Å². The van der Waals surface area contributed by atoms with Gasteiger partial charge in [0.25, 0.3) is 0 Å². The van der Waals surface area contributed by atoms with Crippen LogP contribution in [-0.2, 0) is 6.54 Å². The van der Waals surface area contributed by atoms with Crippen LogP contribution in [0.1, 0.15) is 39.2 Å². The van der Waals surface area contributed by atoms with E-state index < -0.39 is 0 Å². The van der Waals surface area contributed by atoms with Crippen LogP contribution in [-0.4, -0.2) is 58.3 Å². The van der Waals surface area contributed by atoms with E-state index in [1.54, 1.807) is 0 Å². The molecule has 29 heavy (non-hydrogen) atoms. The second-order valence-electron chi connectivity index (χ2n) is 7.84. The predicted octanol–water partition coefficient (Wildman–Crippen LogP) is 3.27. The molecule has 0 bridgehead atoms. The molecule has 1 aromatic heterocycles. The van der Waals surface area contributed by atoms with Crippen LogP contribution in [0.25, 0.3) is 11.4 Å². The van der Waals surface area contributed by atoms with E-state index in [2.05, 4.69) is 63.6 Å². The summed E-state index contributed by atoms with van der Waals surface area (Å²) in [6.07, 6.45) is 3.86. The molecule has 1 aliphatic rings. The average molecular weight is 511 g/mol. The number of hydrogen-bond donors (Lipinski definition) is 3. The van der Waals surface area contributed by atoms with Crippen LogP contribution in [0.3, 0.4) is 0 Å². The summed E-state index contributed by atoms with van der Waals surface area (Å²) in [5, 5.41) is 13.8. The summed E-state index contributed by atoms with van der Waals surface area (Å²) in [5.74, 6) is 2.41. The summed E-state index contributed by atoms with van der Waals surface area (Å²) in [6, 6.07) is 8.76. The fourth-order valence-corrected chi connectivity index (χ4v) is 3.62. The quantitative estimate of drug-likeness (QED) is 0.302. The van der Waals surface area contributed by atoms with Gasteiger partial charge in [-0.2, -0.15) is 5.10 Å². The van der Waals surface area contributed by atoms with Gasteiger partial charge in [-0.05, 0) is 37.3 Å². The lowest BCUT2D eigenvalue weighted by molar-refractivity contribution is 0.187. The molecule has 0 amide bonds. The zero-order valence-corrected chi connectivity index (χ0v) is 20.0. The van der Waals surface area contributed by atoms with Crippen molar-refractivity contribution in [3.63, 3.8) is 0 Å². The topological polar surface area (TPSA) is 81.2 Å². The highest BCUT2D eigenvalue weighted by atomic mass is 127. The van der Waals surface area contributed by atoms with Gasteiger partial charge < -0.3 is 15.5 Å². The summed E-state index contributed by atoms with van der Waals surface area (Å²) in [6.45, 7) is 11.7. The Bertz CT molecular complexity index is 737. The van der Waals surface area contributed by atoms with E-state index in [0.29, 0.717) is 12.6 Å². The van der Waals surface area contributed by atoms with Gasteiger partial charge in [0.2, 0.25) is 0 Å². The zero-order valence-electron chi connectivity index (χ0n) is 17.7. The Morgan fingerprint density at radius 2 is 2.10 bits per heavy atom. The van der Waals surface area contributed by atoms with Crippen LogP contribution in [0.5, 0.6) is 0 Å². The van der Waals surface area contributed by atoms with Crippen LogP contribution in [0.2, 0.25) is 0 Å². The number of nitrogens with one attached hydrogen (secondary N) is 3. The second kappa shape index (κ2) is 12.1. The van der Waals surface area contributed by atoms with Gasteiger partial charge in [0.05, 0.1) is 6.54 Å². The highest BCUT2D eigenvalue weighted by Gasteiger charge is 2.20. The lowest BCUT2D eigenvalue weighted by atomic mass is 10.0. The maximum atomic E-state index is 4.80. The van der Waals surface area contributed by atoms with E-state index in [0.717, 1.165) is 61.3 Å². The van der Waals surface area contributed by atoms with Crippen molar-refractivity contribution in [1.29, 1.82) is 0 Å². The second-order valence-corrected chi connectivity index (χ2v) is 7.84. The number of piperidine rings is 1.